The molecule has 1 heterocycles. The van der Waals surface area contributed by atoms with Crippen molar-refractivity contribution < 1.29 is 9.63 Å². The predicted octanol–water partition coefficient (Wildman–Crippen LogP) is 0.581. The van der Waals surface area contributed by atoms with E-state index in [4.69, 9.17) is 0 Å². The maximum absolute atomic E-state index is 9.68. The Morgan fingerprint density at radius 3 is 2.80 bits per heavy atom. The van der Waals surface area contributed by atoms with Gasteiger partial charge in [0.25, 0.3) is 0 Å². The number of nitrogens with one attached hydrogen (secondary N) is 1. The second kappa shape index (κ2) is 3.45. The monoisotopic (exact) mass is 138 g/mol. The maximum atomic E-state index is 9.68. The molecule has 0 saturated carbocycles. The molecule has 0 bridgehead atoms. The van der Waals surface area contributed by atoms with Gasteiger partial charge >= 0.3 is 6.47 Å². The molecule has 0 fully saturated rings. The summed E-state index contributed by atoms with van der Waals surface area (Å²) < 4.78 is 0. The standard InChI is InChI=1S/C6H6N2O2/c9-5-10-8-6-1-3-7-4-2-6/h1-5H,(H,7,8). The quantitative estimate of drug-likeness (QED) is 0.490. The van der Waals surface area contributed by atoms with E-state index < -0.39 is 0 Å². The molecule has 4 heteroatoms. The third kappa shape index (κ3) is 1.74. The van der Waals surface area contributed by atoms with Gasteiger partial charge in [0.2, 0.25) is 0 Å². The summed E-state index contributed by atoms with van der Waals surface area (Å²) in [6.07, 6.45) is 3.19. The molecule has 0 unspecified atom stereocenters. The highest BCUT2D eigenvalue weighted by Gasteiger charge is 1.85. The third-order valence-corrected chi connectivity index (χ3v) is 0.905. The molecule has 1 aromatic heterocycles. The van der Waals surface area contributed by atoms with Crippen LogP contribution < -0.4 is 5.48 Å². The SMILES string of the molecule is O=CONc1ccncc1. The first kappa shape index (κ1) is 6.54. The van der Waals surface area contributed by atoms with Crippen LogP contribution >= 0.6 is 0 Å². The number of hydrogen-bond donors (Lipinski definition) is 1. The van der Waals surface area contributed by atoms with Crippen LogP contribution in [0, 0.1) is 0 Å². The van der Waals surface area contributed by atoms with E-state index in [0.29, 0.717) is 12.2 Å². The molecule has 10 heavy (non-hydrogen) atoms. The second-order valence-electron chi connectivity index (χ2n) is 1.55. The van der Waals surface area contributed by atoms with Gasteiger partial charge in [-0.25, -0.2) is 5.48 Å². The van der Waals surface area contributed by atoms with Crippen molar-refractivity contribution in [1.82, 2.24) is 4.98 Å². The molecule has 0 spiro atoms. The lowest BCUT2D eigenvalue weighted by Crippen LogP contribution is -1.97. The maximum Gasteiger partial charge on any atom is 0.320 e. The topological polar surface area (TPSA) is 51.2 Å². The van der Waals surface area contributed by atoms with E-state index in [9.17, 15) is 4.79 Å². The zero-order valence-corrected chi connectivity index (χ0v) is 5.15. The van der Waals surface area contributed by atoms with Crippen molar-refractivity contribution in [3.8, 4) is 0 Å². The van der Waals surface area contributed by atoms with Crippen LogP contribution in [-0.4, -0.2) is 11.5 Å². The number of carbonyl (C=O) groups is 1. The number of nitrogens with zero attached hydrogens (tertiary/aromatic N) is 1. The highest BCUT2D eigenvalue weighted by molar-refractivity contribution is 5.44. The summed E-state index contributed by atoms with van der Waals surface area (Å²) in [5, 5.41) is 0. The molecule has 0 aliphatic heterocycles. The van der Waals surface area contributed by atoms with Crippen molar-refractivity contribution in [2.45, 2.75) is 0 Å². The van der Waals surface area contributed by atoms with Gasteiger partial charge in [-0.3, -0.25) is 9.78 Å². The molecule has 4 nitrogen and oxygen atoms in total. The fourth-order valence-electron chi connectivity index (χ4n) is 0.512. The molecule has 1 rings (SSSR count). The van der Waals surface area contributed by atoms with Crippen molar-refractivity contribution >= 4 is 12.2 Å². The van der Waals surface area contributed by atoms with Crippen molar-refractivity contribution in [2.75, 3.05) is 5.48 Å². The van der Waals surface area contributed by atoms with Gasteiger partial charge in [0.05, 0.1) is 5.69 Å². The van der Waals surface area contributed by atoms with Crippen LogP contribution in [0.2, 0.25) is 0 Å². The van der Waals surface area contributed by atoms with Crippen molar-refractivity contribution in [3.63, 3.8) is 0 Å². The normalized spacial score (nSPS) is 8.40. The smallest absolute Gasteiger partial charge is 0.320 e. The number of aromatic nitrogens is 1. The summed E-state index contributed by atoms with van der Waals surface area (Å²) in [5.41, 5.74) is 3.08. The summed E-state index contributed by atoms with van der Waals surface area (Å²) in [4.78, 5) is 17.7. The lowest BCUT2D eigenvalue weighted by atomic mass is 10.4. The molecule has 0 aliphatic rings. The minimum Gasteiger partial charge on any atom is -0.347 e. The first-order valence-electron chi connectivity index (χ1n) is 2.69. The van der Waals surface area contributed by atoms with Gasteiger partial charge < -0.3 is 4.84 Å². The van der Waals surface area contributed by atoms with E-state index in [1.165, 1.54) is 0 Å². The fourth-order valence-corrected chi connectivity index (χ4v) is 0.512. The Hall–Kier alpha value is -1.58. The fraction of sp³-hybridized carbons (Fsp3) is 0. The van der Waals surface area contributed by atoms with Gasteiger partial charge in [0, 0.05) is 12.4 Å². The summed E-state index contributed by atoms with van der Waals surface area (Å²) in [6.45, 7) is 0.320. The van der Waals surface area contributed by atoms with Crippen LogP contribution in [0.1, 0.15) is 0 Å². The Balaban J connectivity index is 2.50. The van der Waals surface area contributed by atoms with E-state index in [1.807, 2.05) is 0 Å². The predicted molar refractivity (Wildman–Crippen MR) is 35.0 cm³/mol. The lowest BCUT2D eigenvalue weighted by Gasteiger charge is -1.98. The zero-order chi connectivity index (χ0) is 7.23. The Bertz CT molecular complexity index is 200. The first-order valence-corrected chi connectivity index (χ1v) is 2.69. The van der Waals surface area contributed by atoms with Gasteiger partial charge in [-0.15, -0.1) is 0 Å². The van der Waals surface area contributed by atoms with Gasteiger partial charge in [-0.2, -0.15) is 0 Å². The average Bonchev–Trinajstić information content (AvgIpc) is 2.03. The highest BCUT2D eigenvalue weighted by atomic mass is 16.7. The van der Waals surface area contributed by atoms with Crippen LogP contribution in [0.5, 0.6) is 0 Å². The number of hydrogen-bond acceptors (Lipinski definition) is 4. The van der Waals surface area contributed by atoms with Crippen molar-refractivity contribution in [3.05, 3.63) is 24.5 Å². The molecular weight excluding hydrogens is 132 g/mol. The summed E-state index contributed by atoms with van der Waals surface area (Å²) in [5.74, 6) is 0. The van der Waals surface area contributed by atoms with Gasteiger partial charge in [0.1, 0.15) is 0 Å². The van der Waals surface area contributed by atoms with Crippen molar-refractivity contribution in [2.24, 2.45) is 0 Å². The Labute approximate surface area is 57.8 Å². The van der Waals surface area contributed by atoms with E-state index in [1.54, 1.807) is 24.5 Å². The van der Waals surface area contributed by atoms with Gasteiger partial charge in [-0.1, -0.05) is 0 Å². The average molecular weight is 138 g/mol. The molecule has 52 valence electrons. The van der Waals surface area contributed by atoms with E-state index in [-0.39, 0.29) is 0 Å². The molecule has 0 radical (unpaired) electrons. The summed E-state index contributed by atoms with van der Waals surface area (Å²) in [7, 11) is 0. The molecular formula is C6H6N2O2. The number of pyridine rings is 1. The van der Waals surface area contributed by atoms with E-state index in [2.05, 4.69) is 15.3 Å². The lowest BCUT2D eigenvalue weighted by molar-refractivity contribution is -0.126. The zero-order valence-electron chi connectivity index (χ0n) is 5.15. The molecule has 0 saturated heterocycles. The Morgan fingerprint density at radius 2 is 2.20 bits per heavy atom. The molecule has 0 aliphatic carbocycles. The largest absolute Gasteiger partial charge is 0.347 e. The summed E-state index contributed by atoms with van der Waals surface area (Å²) in [6, 6.07) is 3.37. The van der Waals surface area contributed by atoms with Crippen molar-refractivity contribution in [1.29, 1.82) is 0 Å². The summed E-state index contributed by atoms with van der Waals surface area (Å²) >= 11 is 0. The minimum atomic E-state index is 0.320. The highest BCUT2D eigenvalue weighted by Crippen LogP contribution is 2.01. The van der Waals surface area contributed by atoms with Crippen LogP contribution in [0.15, 0.2) is 24.5 Å². The molecule has 0 aromatic carbocycles. The molecule has 1 aromatic rings. The Morgan fingerprint density at radius 1 is 1.50 bits per heavy atom. The Kier molecular flexibility index (Phi) is 2.25. The van der Waals surface area contributed by atoms with E-state index in [0.717, 1.165) is 0 Å². The van der Waals surface area contributed by atoms with Crippen LogP contribution in [0.25, 0.3) is 0 Å². The third-order valence-electron chi connectivity index (χ3n) is 0.905. The first-order chi connectivity index (χ1) is 4.93. The van der Waals surface area contributed by atoms with Gasteiger partial charge in [-0.05, 0) is 12.1 Å². The minimum absolute atomic E-state index is 0.320. The molecule has 1 N–H and O–H groups in total. The van der Waals surface area contributed by atoms with E-state index >= 15 is 0 Å². The number of carbonyl (C=O) groups excluding carboxylic acids is 1. The molecule has 0 amide bonds. The number of rotatable bonds is 3. The second-order valence-corrected chi connectivity index (χ2v) is 1.55. The number of anilines is 1. The molecule has 0 atom stereocenters. The van der Waals surface area contributed by atoms with Crippen LogP contribution in [-0.2, 0) is 9.63 Å². The van der Waals surface area contributed by atoms with Crippen LogP contribution in [0.4, 0.5) is 5.69 Å². The van der Waals surface area contributed by atoms with Gasteiger partial charge in [0.15, 0.2) is 0 Å². The van der Waals surface area contributed by atoms with Crippen LogP contribution in [0.3, 0.4) is 0 Å².